The highest BCUT2D eigenvalue weighted by Crippen LogP contribution is 2.44. The molecule has 1 rings (SSSR count). The van der Waals surface area contributed by atoms with Gasteiger partial charge in [0.25, 0.3) is 0 Å². The largest absolute Gasteiger partial charge is 0.492 e. The quantitative estimate of drug-likeness (QED) is 0.226. The third-order valence-corrected chi connectivity index (χ3v) is 4.62. The van der Waals surface area contributed by atoms with Crippen LogP contribution < -0.4 is 14.2 Å². The first-order chi connectivity index (χ1) is 14.9. The predicted octanol–water partition coefficient (Wildman–Crippen LogP) is 5.10. The lowest BCUT2D eigenvalue weighted by atomic mass is 9.95. The number of methoxy groups -OCH3 is 1. The maximum atomic E-state index is 12.5. The van der Waals surface area contributed by atoms with Gasteiger partial charge in [-0.25, -0.2) is 4.79 Å². The molecule has 0 aliphatic rings. The fraction of sp³-hybridized carbons (Fsp3) is 0.400. The molecule has 0 N–H and O–H groups in total. The number of hydrogen-bond donors (Lipinski definition) is 0. The van der Waals surface area contributed by atoms with Crippen LogP contribution in [0.15, 0.2) is 35.9 Å². The van der Waals surface area contributed by atoms with E-state index in [-0.39, 0.29) is 17.2 Å². The molecule has 1 atom stereocenters. The molecule has 1 aromatic rings. The molecule has 0 saturated heterocycles. The smallest absolute Gasteiger partial charge is 0.333 e. The number of rotatable bonds is 9. The van der Waals surface area contributed by atoms with E-state index >= 15 is 0 Å². The molecule has 32 heavy (non-hydrogen) atoms. The Kier molecular flexibility index (Phi) is 9.91. The number of allylic oxidation sites excluding steroid dienone is 2. The Morgan fingerprint density at radius 3 is 2.09 bits per heavy atom. The Hall–Kier alpha value is -3.35. The lowest BCUT2D eigenvalue weighted by molar-refractivity contribution is -0.141. The van der Waals surface area contributed by atoms with Gasteiger partial charge in [0, 0.05) is 37.0 Å². The minimum absolute atomic E-state index is 0.111. The van der Waals surface area contributed by atoms with E-state index in [0.717, 1.165) is 5.57 Å². The summed E-state index contributed by atoms with van der Waals surface area (Å²) in [7, 11) is 1.41. The zero-order valence-electron chi connectivity index (χ0n) is 20.1. The zero-order chi connectivity index (χ0) is 24.6. The molecular weight excluding hydrogens is 412 g/mol. The SMILES string of the molecule is C=C(c1cc(OC(C)=O)c(C)c(OC)c1OC(C)=O)[C@H](CC=C(C)C)OC(=O)C(C)=CC. The Morgan fingerprint density at radius 2 is 1.62 bits per heavy atom. The average Bonchev–Trinajstić information content (AvgIpc) is 2.71. The number of benzene rings is 1. The van der Waals surface area contributed by atoms with Crippen LogP contribution in [0, 0.1) is 6.92 Å². The van der Waals surface area contributed by atoms with Gasteiger partial charge in [0.2, 0.25) is 0 Å². The molecule has 0 fully saturated rings. The maximum absolute atomic E-state index is 12.5. The Balaban J connectivity index is 3.70. The van der Waals surface area contributed by atoms with Crippen LogP contribution in [0.1, 0.15) is 59.1 Å². The Bertz CT molecular complexity index is 963. The summed E-state index contributed by atoms with van der Waals surface area (Å²) in [6, 6.07) is 1.53. The van der Waals surface area contributed by atoms with Crippen LogP contribution in [0.4, 0.5) is 0 Å². The third kappa shape index (κ3) is 7.11. The number of esters is 3. The van der Waals surface area contributed by atoms with Gasteiger partial charge >= 0.3 is 17.9 Å². The van der Waals surface area contributed by atoms with Gasteiger partial charge in [-0.3, -0.25) is 9.59 Å². The van der Waals surface area contributed by atoms with Crippen molar-refractivity contribution >= 4 is 23.5 Å². The van der Waals surface area contributed by atoms with E-state index in [1.54, 1.807) is 26.8 Å². The molecule has 0 heterocycles. The topological polar surface area (TPSA) is 88.1 Å². The lowest BCUT2D eigenvalue weighted by Crippen LogP contribution is -2.21. The first kappa shape index (κ1) is 26.7. The van der Waals surface area contributed by atoms with Crippen molar-refractivity contribution in [1.82, 2.24) is 0 Å². The van der Waals surface area contributed by atoms with Gasteiger partial charge in [-0.15, -0.1) is 0 Å². The van der Waals surface area contributed by atoms with Gasteiger partial charge < -0.3 is 18.9 Å². The van der Waals surface area contributed by atoms with E-state index in [1.165, 1.54) is 27.0 Å². The van der Waals surface area contributed by atoms with Crippen LogP contribution in [0.2, 0.25) is 0 Å². The van der Waals surface area contributed by atoms with Crippen molar-refractivity contribution in [2.75, 3.05) is 7.11 Å². The molecule has 0 spiro atoms. The molecule has 0 amide bonds. The van der Waals surface area contributed by atoms with Crippen molar-refractivity contribution in [3.8, 4) is 17.2 Å². The second kappa shape index (κ2) is 11.9. The van der Waals surface area contributed by atoms with Crippen LogP contribution >= 0.6 is 0 Å². The van der Waals surface area contributed by atoms with Gasteiger partial charge in [0.05, 0.1) is 7.11 Å². The summed E-state index contributed by atoms with van der Waals surface area (Å²) in [6.07, 6.45) is 3.15. The van der Waals surface area contributed by atoms with Gasteiger partial charge in [-0.05, 0) is 46.3 Å². The number of hydrogen-bond acceptors (Lipinski definition) is 7. The van der Waals surface area contributed by atoms with E-state index in [1.807, 2.05) is 19.9 Å². The summed E-state index contributed by atoms with van der Waals surface area (Å²) in [4.78, 5) is 35.9. The third-order valence-electron chi connectivity index (χ3n) is 4.62. The summed E-state index contributed by atoms with van der Waals surface area (Å²) in [5, 5.41) is 0. The molecule has 0 aliphatic heterocycles. The van der Waals surface area contributed by atoms with E-state index in [0.29, 0.717) is 28.7 Å². The van der Waals surface area contributed by atoms with E-state index in [2.05, 4.69) is 6.58 Å². The van der Waals surface area contributed by atoms with Gasteiger partial charge in [-0.1, -0.05) is 24.3 Å². The molecule has 0 aliphatic carbocycles. The number of ether oxygens (including phenoxy) is 4. The van der Waals surface area contributed by atoms with Crippen molar-refractivity contribution in [1.29, 1.82) is 0 Å². The maximum Gasteiger partial charge on any atom is 0.333 e. The molecule has 7 heteroatoms. The highest BCUT2D eigenvalue weighted by atomic mass is 16.6. The molecule has 0 aromatic heterocycles. The normalized spacial score (nSPS) is 11.8. The van der Waals surface area contributed by atoms with Crippen molar-refractivity contribution in [3.63, 3.8) is 0 Å². The summed E-state index contributed by atoms with van der Waals surface area (Å²) in [5.74, 6) is -1.04. The minimum Gasteiger partial charge on any atom is -0.492 e. The van der Waals surface area contributed by atoms with E-state index in [4.69, 9.17) is 18.9 Å². The van der Waals surface area contributed by atoms with Crippen LogP contribution in [0.25, 0.3) is 5.57 Å². The van der Waals surface area contributed by atoms with Gasteiger partial charge in [-0.2, -0.15) is 0 Å². The van der Waals surface area contributed by atoms with Crippen LogP contribution in [0.5, 0.6) is 17.2 Å². The van der Waals surface area contributed by atoms with Gasteiger partial charge in [0.1, 0.15) is 11.9 Å². The van der Waals surface area contributed by atoms with E-state index < -0.39 is 24.0 Å². The molecule has 7 nitrogen and oxygen atoms in total. The average molecular weight is 445 g/mol. The highest BCUT2D eigenvalue weighted by Gasteiger charge is 2.27. The van der Waals surface area contributed by atoms with Crippen LogP contribution in [0.3, 0.4) is 0 Å². The second-order valence-corrected chi connectivity index (χ2v) is 7.50. The fourth-order valence-corrected chi connectivity index (χ4v) is 2.82. The molecular formula is C25H32O7. The molecule has 0 unspecified atom stereocenters. The lowest BCUT2D eigenvalue weighted by Gasteiger charge is -2.24. The fourth-order valence-electron chi connectivity index (χ4n) is 2.82. The van der Waals surface area contributed by atoms with Crippen molar-refractivity contribution in [2.24, 2.45) is 0 Å². The first-order valence-electron chi connectivity index (χ1n) is 10.2. The summed E-state index contributed by atoms with van der Waals surface area (Å²) in [6.45, 7) is 15.6. The van der Waals surface area contributed by atoms with Crippen molar-refractivity contribution in [3.05, 3.63) is 47.1 Å². The molecule has 0 bridgehead atoms. The van der Waals surface area contributed by atoms with Crippen molar-refractivity contribution in [2.45, 2.75) is 61.0 Å². The van der Waals surface area contributed by atoms with E-state index in [9.17, 15) is 14.4 Å². The summed E-state index contributed by atoms with van der Waals surface area (Å²) in [5.41, 5.74) is 2.64. The monoisotopic (exact) mass is 444 g/mol. The van der Waals surface area contributed by atoms with Crippen LogP contribution in [-0.4, -0.2) is 31.1 Å². The molecule has 0 saturated carbocycles. The molecule has 1 aromatic carbocycles. The summed E-state index contributed by atoms with van der Waals surface area (Å²) < 4.78 is 22.0. The Morgan fingerprint density at radius 1 is 1.03 bits per heavy atom. The summed E-state index contributed by atoms with van der Waals surface area (Å²) >= 11 is 0. The zero-order valence-corrected chi connectivity index (χ0v) is 20.1. The predicted molar refractivity (Wildman–Crippen MR) is 123 cm³/mol. The standard InChI is InChI=1S/C25H32O7/c1-10-15(4)25(28)32-21(12-11-14(2)3)16(5)20-13-22(30-18(7)26)17(6)23(29-9)24(20)31-19(8)27/h10-11,13,21H,5,12H2,1-4,6-9H3/t21-/m0/s1. The number of carbonyl (C=O) groups is 3. The van der Waals surface area contributed by atoms with Gasteiger partial charge in [0.15, 0.2) is 11.5 Å². The Labute approximate surface area is 189 Å². The number of carbonyl (C=O) groups excluding carboxylic acids is 3. The van der Waals surface area contributed by atoms with Crippen LogP contribution in [-0.2, 0) is 19.1 Å². The first-order valence-corrected chi connectivity index (χ1v) is 10.2. The molecule has 174 valence electrons. The molecule has 0 radical (unpaired) electrons. The highest BCUT2D eigenvalue weighted by molar-refractivity contribution is 5.89. The minimum atomic E-state index is -0.765. The van der Waals surface area contributed by atoms with Crippen molar-refractivity contribution < 1.29 is 33.3 Å². The second-order valence-electron chi connectivity index (χ2n) is 7.50.